The summed E-state index contributed by atoms with van der Waals surface area (Å²) in [7, 11) is 2.48. The number of ether oxygens (including phenoxy) is 2. The molecule has 0 saturated carbocycles. The standard InChI is InChI=1S/C7H7FN2O3/c1-12-5-3-4(6(11)13-2)9-7(8)10-5/h3H,1-2H3. The van der Waals surface area contributed by atoms with Crippen LogP contribution in [0.1, 0.15) is 10.5 Å². The number of esters is 1. The molecule has 0 atom stereocenters. The van der Waals surface area contributed by atoms with E-state index >= 15 is 0 Å². The Bertz CT molecular complexity index is 330. The van der Waals surface area contributed by atoms with Gasteiger partial charge in [0.15, 0.2) is 5.69 Å². The molecule has 1 aromatic heterocycles. The number of carbonyl (C=O) groups excluding carboxylic acids is 1. The molecule has 0 amide bonds. The third kappa shape index (κ3) is 2.11. The van der Waals surface area contributed by atoms with Crippen LogP contribution in [0.5, 0.6) is 5.88 Å². The van der Waals surface area contributed by atoms with E-state index in [0.717, 1.165) is 0 Å². The zero-order valence-corrected chi connectivity index (χ0v) is 7.07. The third-order valence-electron chi connectivity index (χ3n) is 1.28. The number of nitrogens with zero attached hydrogens (tertiary/aromatic N) is 2. The van der Waals surface area contributed by atoms with Crippen molar-refractivity contribution in [1.82, 2.24) is 9.97 Å². The van der Waals surface area contributed by atoms with Gasteiger partial charge in [0.1, 0.15) is 0 Å². The van der Waals surface area contributed by atoms with Gasteiger partial charge in [-0.25, -0.2) is 4.79 Å². The van der Waals surface area contributed by atoms with Crippen molar-refractivity contribution in [2.75, 3.05) is 14.2 Å². The first kappa shape index (κ1) is 9.37. The zero-order valence-electron chi connectivity index (χ0n) is 7.07. The predicted molar refractivity (Wildman–Crippen MR) is 39.9 cm³/mol. The Kier molecular flexibility index (Phi) is 2.73. The number of aromatic nitrogens is 2. The maximum absolute atomic E-state index is 12.6. The first-order valence-electron chi connectivity index (χ1n) is 3.34. The number of carbonyl (C=O) groups is 1. The molecule has 0 spiro atoms. The quantitative estimate of drug-likeness (QED) is 0.494. The summed E-state index contributed by atoms with van der Waals surface area (Å²) in [6.45, 7) is 0. The number of rotatable bonds is 2. The Morgan fingerprint density at radius 3 is 2.69 bits per heavy atom. The summed E-state index contributed by atoms with van der Waals surface area (Å²) in [6, 6.07) is 1.19. The molecule has 0 N–H and O–H groups in total. The molecule has 70 valence electrons. The van der Waals surface area contributed by atoms with Gasteiger partial charge in [-0.15, -0.1) is 0 Å². The molecule has 0 bridgehead atoms. The van der Waals surface area contributed by atoms with Crippen molar-refractivity contribution < 1.29 is 18.7 Å². The second kappa shape index (κ2) is 3.79. The van der Waals surface area contributed by atoms with Crippen LogP contribution in [0.3, 0.4) is 0 Å². The van der Waals surface area contributed by atoms with Gasteiger partial charge in [-0.1, -0.05) is 0 Å². The summed E-state index contributed by atoms with van der Waals surface area (Å²) in [5.74, 6) is -0.757. The lowest BCUT2D eigenvalue weighted by atomic mass is 10.4. The molecule has 5 nitrogen and oxygen atoms in total. The molecule has 0 unspecified atom stereocenters. The summed E-state index contributed by atoms with van der Waals surface area (Å²) in [4.78, 5) is 17.4. The highest BCUT2D eigenvalue weighted by molar-refractivity contribution is 5.87. The lowest BCUT2D eigenvalue weighted by Gasteiger charge is -2.00. The normalized spacial score (nSPS) is 9.46. The van der Waals surface area contributed by atoms with E-state index in [1.54, 1.807) is 0 Å². The number of methoxy groups -OCH3 is 2. The molecule has 0 aliphatic rings. The number of hydrogen-bond donors (Lipinski definition) is 0. The van der Waals surface area contributed by atoms with E-state index in [1.807, 2.05) is 0 Å². The van der Waals surface area contributed by atoms with E-state index in [-0.39, 0.29) is 11.6 Å². The molecule has 0 aromatic carbocycles. The average molecular weight is 186 g/mol. The SMILES string of the molecule is COC(=O)c1cc(OC)nc(F)n1. The summed E-state index contributed by atoms with van der Waals surface area (Å²) in [5, 5.41) is 0. The molecule has 0 radical (unpaired) electrons. The van der Waals surface area contributed by atoms with Crippen LogP contribution in [-0.4, -0.2) is 30.2 Å². The second-order valence-electron chi connectivity index (χ2n) is 2.06. The number of halogens is 1. The van der Waals surface area contributed by atoms with Gasteiger partial charge in [-0.2, -0.15) is 14.4 Å². The molecule has 13 heavy (non-hydrogen) atoms. The zero-order chi connectivity index (χ0) is 9.84. The maximum atomic E-state index is 12.6. The number of hydrogen-bond acceptors (Lipinski definition) is 5. The highest BCUT2D eigenvalue weighted by Gasteiger charge is 2.11. The molecular weight excluding hydrogens is 179 g/mol. The van der Waals surface area contributed by atoms with Gasteiger partial charge >= 0.3 is 12.0 Å². The van der Waals surface area contributed by atoms with Gasteiger partial charge in [-0.05, 0) is 0 Å². The lowest BCUT2D eigenvalue weighted by molar-refractivity contribution is 0.0591. The van der Waals surface area contributed by atoms with E-state index in [9.17, 15) is 9.18 Å². The molecular formula is C7H7FN2O3. The van der Waals surface area contributed by atoms with E-state index in [2.05, 4.69) is 19.4 Å². The van der Waals surface area contributed by atoms with Crippen LogP contribution < -0.4 is 4.74 Å². The highest BCUT2D eigenvalue weighted by atomic mass is 19.1. The van der Waals surface area contributed by atoms with E-state index in [4.69, 9.17) is 0 Å². The van der Waals surface area contributed by atoms with E-state index in [1.165, 1.54) is 20.3 Å². The van der Waals surface area contributed by atoms with Gasteiger partial charge in [0.25, 0.3) is 0 Å². The predicted octanol–water partition coefficient (Wildman–Crippen LogP) is 0.411. The largest absolute Gasteiger partial charge is 0.481 e. The maximum Gasteiger partial charge on any atom is 0.357 e. The first-order valence-corrected chi connectivity index (χ1v) is 3.34. The fraction of sp³-hybridized carbons (Fsp3) is 0.286. The van der Waals surface area contributed by atoms with Crippen molar-refractivity contribution in [3.8, 4) is 5.88 Å². The van der Waals surface area contributed by atoms with Gasteiger partial charge in [0.05, 0.1) is 14.2 Å². The molecule has 0 fully saturated rings. The van der Waals surface area contributed by atoms with Crippen molar-refractivity contribution >= 4 is 5.97 Å². The molecule has 0 saturated heterocycles. The molecule has 0 aliphatic carbocycles. The van der Waals surface area contributed by atoms with Crippen LogP contribution in [0, 0.1) is 6.08 Å². The average Bonchev–Trinajstić information content (AvgIpc) is 2.15. The van der Waals surface area contributed by atoms with Gasteiger partial charge < -0.3 is 9.47 Å². The smallest absolute Gasteiger partial charge is 0.357 e. The van der Waals surface area contributed by atoms with Crippen LogP contribution in [0.2, 0.25) is 0 Å². The van der Waals surface area contributed by atoms with Crippen molar-refractivity contribution in [2.45, 2.75) is 0 Å². The topological polar surface area (TPSA) is 61.3 Å². The summed E-state index contributed by atoms with van der Waals surface area (Å²) in [6.07, 6.45) is -1.03. The molecule has 1 rings (SSSR count). The Morgan fingerprint density at radius 2 is 2.15 bits per heavy atom. The highest BCUT2D eigenvalue weighted by Crippen LogP contribution is 2.08. The Labute approximate surface area is 73.5 Å². The minimum absolute atomic E-state index is 0.0205. The fourth-order valence-corrected chi connectivity index (χ4v) is 0.711. The van der Waals surface area contributed by atoms with Crippen molar-refractivity contribution in [1.29, 1.82) is 0 Å². The molecule has 1 aromatic rings. The van der Waals surface area contributed by atoms with Crippen LogP contribution in [0.25, 0.3) is 0 Å². The van der Waals surface area contributed by atoms with Crippen LogP contribution in [0.15, 0.2) is 6.07 Å². The minimum atomic E-state index is -1.03. The van der Waals surface area contributed by atoms with Crippen LogP contribution in [-0.2, 0) is 4.74 Å². The van der Waals surface area contributed by atoms with E-state index in [0.29, 0.717) is 0 Å². The second-order valence-corrected chi connectivity index (χ2v) is 2.06. The molecule has 0 aliphatic heterocycles. The third-order valence-corrected chi connectivity index (χ3v) is 1.28. The van der Waals surface area contributed by atoms with Crippen LogP contribution >= 0.6 is 0 Å². The minimum Gasteiger partial charge on any atom is -0.481 e. The first-order chi connectivity index (χ1) is 6.17. The van der Waals surface area contributed by atoms with Crippen molar-refractivity contribution in [3.63, 3.8) is 0 Å². The van der Waals surface area contributed by atoms with Crippen molar-refractivity contribution in [3.05, 3.63) is 17.8 Å². The van der Waals surface area contributed by atoms with Gasteiger partial charge in [0.2, 0.25) is 5.88 Å². The monoisotopic (exact) mass is 186 g/mol. The summed E-state index contributed by atoms with van der Waals surface area (Å²) in [5.41, 5.74) is -0.174. The molecule has 6 heteroatoms. The van der Waals surface area contributed by atoms with Crippen LogP contribution in [0.4, 0.5) is 4.39 Å². The van der Waals surface area contributed by atoms with Gasteiger partial charge in [-0.3, -0.25) is 0 Å². The van der Waals surface area contributed by atoms with Gasteiger partial charge in [0, 0.05) is 6.07 Å². The Hall–Kier alpha value is -1.72. The van der Waals surface area contributed by atoms with Crippen molar-refractivity contribution in [2.24, 2.45) is 0 Å². The summed E-state index contributed by atoms with van der Waals surface area (Å²) >= 11 is 0. The lowest BCUT2D eigenvalue weighted by Crippen LogP contribution is -2.07. The molecule has 1 heterocycles. The fourth-order valence-electron chi connectivity index (χ4n) is 0.711. The Balaban J connectivity index is 3.08. The Morgan fingerprint density at radius 1 is 1.46 bits per heavy atom. The van der Waals surface area contributed by atoms with E-state index < -0.39 is 12.0 Å². The summed E-state index contributed by atoms with van der Waals surface area (Å²) < 4.78 is 21.6.